The average molecular weight is 235 g/mol. The summed E-state index contributed by atoms with van der Waals surface area (Å²) in [7, 11) is 0. The zero-order valence-corrected chi connectivity index (χ0v) is 10.7. The van der Waals surface area contributed by atoms with E-state index in [1.165, 1.54) is 11.1 Å². The van der Waals surface area contributed by atoms with Crippen molar-refractivity contribution >= 4 is 5.97 Å². The van der Waals surface area contributed by atoms with Gasteiger partial charge in [0.1, 0.15) is 0 Å². The third-order valence-electron chi connectivity index (χ3n) is 2.89. The highest BCUT2D eigenvalue weighted by atomic mass is 16.4. The quantitative estimate of drug-likeness (QED) is 0.797. The molecule has 0 amide bonds. The molecule has 0 aromatic heterocycles. The fourth-order valence-corrected chi connectivity index (χ4v) is 1.68. The Morgan fingerprint density at radius 2 is 1.71 bits per heavy atom. The van der Waals surface area contributed by atoms with Crippen LogP contribution in [0.5, 0.6) is 0 Å². The van der Waals surface area contributed by atoms with Gasteiger partial charge in [-0.3, -0.25) is 4.79 Å². The van der Waals surface area contributed by atoms with E-state index in [1.54, 1.807) is 0 Å². The van der Waals surface area contributed by atoms with Crippen molar-refractivity contribution in [3.63, 3.8) is 0 Å². The lowest BCUT2D eigenvalue weighted by Crippen LogP contribution is -2.21. The van der Waals surface area contributed by atoms with E-state index < -0.39 is 5.97 Å². The number of nitrogens with one attached hydrogen (secondary N) is 1. The maximum absolute atomic E-state index is 10.4. The topological polar surface area (TPSA) is 49.3 Å². The minimum Gasteiger partial charge on any atom is -0.481 e. The zero-order chi connectivity index (χ0) is 12.8. The van der Waals surface area contributed by atoms with Crippen molar-refractivity contribution in [1.82, 2.24) is 5.32 Å². The van der Waals surface area contributed by atoms with E-state index in [1.807, 2.05) is 6.92 Å². The van der Waals surface area contributed by atoms with Crippen LogP contribution < -0.4 is 5.32 Å². The first-order valence-electron chi connectivity index (χ1n) is 6.05. The van der Waals surface area contributed by atoms with Gasteiger partial charge in [0.15, 0.2) is 0 Å². The van der Waals surface area contributed by atoms with E-state index in [0.29, 0.717) is 12.5 Å². The fourth-order valence-electron chi connectivity index (χ4n) is 1.68. The summed E-state index contributed by atoms with van der Waals surface area (Å²) in [6, 6.07) is 8.67. The Kier molecular flexibility index (Phi) is 5.16. The molecule has 0 spiro atoms. The van der Waals surface area contributed by atoms with Crippen LogP contribution in [0.1, 0.15) is 50.3 Å². The second kappa shape index (κ2) is 6.40. The summed E-state index contributed by atoms with van der Waals surface area (Å²) >= 11 is 0. The number of carbonyl (C=O) groups is 1. The van der Waals surface area contributed by atoms with E-state index in [9.17, 15) is 4.79 Å². The standard InChI is InChI=1S/C14H21NO2/c1-10(2)12-4-6-13(7-5-12)11(3)15-9-8-14(16)17/h4-7,10-11,15H,8-9H2,1-3H3,(H,16,17). The lowest BCUT2D eigenvalue weighted by atomic mass is 9.99. The highest BCUT2D eigenvalue weighted by Crippen LogP contribution is 2.18. The lowest BCUT2D eigenvalue weighted by molar-refractivity contribution is -0.136. The molecule has 0 aliphatic carbocycles. The molecule has 2 N–H and O–H groups in total. The highest BCUT2D eigenvalue weighted by molar-refractivity contribution is 5.66. The molecule has 0 heterocycles. The summed E-state index contributed by atoms with van der Waals surface area (Å²) < 4.78 is 0. The molecule has 0 bridgehead atoms. The van der Waals surface area contributed by atoms with Crippen LogP contribution in [0.15, 0.2) is 24.3 Å². The summed E-state index contributed by atoms with van der Waals surface area (Å²) in [6.07, 6.45) is 0.161. The van der Waals surface area contributed by atoms with Crippen LogP contribution in [0.4, 0.5) is 0 Å². The van der Waals surface area contributed by atoms with E-state index in [0.717, 1.165) is 0 Å². The van der Waals surface area contributed by atoms with Crippen LogP contribution in [0, 0.1) is 0 Å². The average Bonchev–Trinajstić information content (AvgIpc) is 2.28. The summed E-state index contributed by atoms with van der Waals surface area (Å²) in [4.78, 5) is 10.4. The molecule has 0 aliphatic heterocycles. The predicted molar refractivity (Wildman–Crippen MR) is 69.2 cm³/mol. The molecule has 3 nitrogen and oxygen atoms in total. The van der Waals surface area contributed by atoms with E-state index in [2.05, 4.69) is 43.4 Å². The molecule has 1 unspecified atom stereocenters. The number of hydrogen-bond donors (Lipinski definition) is 2. The maximum atomic E-state index is 10.4. The second-order valence-electron chi connectivity index (χ2n) is 4.64. The number of rotatable bonds is 6. The third kappa shape index (κ3) is 4.57. The molecule has 17 heavy (non-hydrogen) atoms. The molecule has 0 radical (unpaired) electrons. The Morgan fingerprint density at radius 3 is 2.18 bits per heavy atom. The largest absolute Gasteiger partial charge is 0.481 e. The van der Waals surface area contributed by atoms with Crippen molar-refractivity contribution in [3.05, 3.63) is 35.4 Å². The molecular weight excluding hydrogens is 214 g/mol. The first-order chi connectivity index (χ1) is 8.00. The molecule has 0 aliphatic rings. The van der Waals surface area contributed by atoms with Crippen molar-refractivity contribution < 1.29 is 9.90 Å². The molecule has 1 rings (SSSR count). The molecule has 3 heteroatoms. The van der Waals surface area contributed by atoms with Crippen LogP contribution in [-0.2, 0) is 4.79 Å². The van der Waals surface area contributed by atoms with Crippen molar-refractivity contribution in [2.24, 2.45) is 0 Å². The van der Waals surface area contributed by atoms with E-state index in [4.69, 9.17) is 5.11 Å². The van der Waals surface area contributed by atoms with Gasteiger partial charge in [0.05, 0.1) is 6.42 Å². The van der Waals surface area contributed by atoms with E-state index >= 15 is 0 Å². The highest BCUT2D eigenvalue weighted by Gasteiger charge is 2.06. The van der Waals surface area contributed by atoms with Gasteiger partial charge in [-0.05, 0) is 24.0 Å². The summed E-state index contributed by atoms with van der Waals surface area (Å²) in [5.41, 5.74) is 2.52. The van der Waals surface area contributed by atoms with Crippen molar-refractivity contribution in [1.29, 1.82) is 0 Å². The fraction of sp³-hybridized carbons (Fsp3) is 0.500. The van der Waals surface area contributed by atoms with Crippen molar-refractivity contribution in [2.75, 3.05) is 6.54 Å². The van der Waals surface area contributed by atoms with E-state index in [-0.39, 0.29) is 12.5 Å². The van der Waals surface area contributed by atoms with Crippen molar-refractivity contribution in [3.8, 4) is 0 Å². The van der Waals surface area contributed by atoms with Crippen LogP contribution in [0.2, 0.25) is 0 Å². The number of carboxylic acids is 1. The lowest BCUT2D eigenvalue weighted by Gasteiger charge is -2.14. The Morgan fingerprint density at radius 1 is 1.18 bits per heavy atom. The summed E-state index contributed by atoms with van der Waals surface area (Å²) in [5.74, 6) is -0.223. The van der Waals surface area contributed by atoms with Gasteiger partial charge >= 0.3 is 5.97 Å². The maximum Gasteiger partial charge on any atom is 0.304 e. The Balaban J connectivity index is 2.51. The normalized spacial score (nSPS) is 12.7. The number of carboxylic acid groups (broad SMARTS) is 1. The van der Waals surface area contributed by atoms with Gasteiger partial charge in [0.25, 0.3) is 0 Å². The summed E-state index contributed by atoms with van der Waals surface area (Å²) in [5, 5.41) is 11.8. The zero-order valence-electron chi connectivity index (χ0n) is 10.7. The minimum absolute atomic E-state index is 0.161. The molecule has 1 atom stereocenters. The number of benzene rings is 1. The van der Waals surface area contributed by atoms with Gasteiger partial charge in [-0.1, -0.05) is 38.1 Å². The summed E-state index contributed by atoms with van der Waals surface area (Å²) in [6.45, 7) is 6.89. The predicted octanol–water partition coefficient (Wildman–Crippen LogP) is 2.94. The van der Waals surface area contributed by atoms with Crippen LogP contribution >= 0.6 is 0 Å². The van der Waals surface area contributed by atoms with Gasteiger partial charge in [0, 0.05) is 12.6 Å². The number of hydrogen-bond acceptors (Lipinski definition) is 2. The minimum atomic E-state index is -0.764. The Hall–Kier alpha value is -1.35. The molecule has 0 fully saturated rings. The van der Waals surface area contributed by atoms with Gasteiger partial charge in [-0.15, -0.1) is 0 Å². The molecule has 94 valence electrons. The molecule has 0 saturated carbocycles. The van der Waals surface area contributed by atoms with Crippen LogP contribution in [0.25, 0.3) is 0 Å². The van der Waals surface area contributed by atoms with Crippen molar-refractivity contribution in [2.45, 2.75) is 39.2 Å². The molecule has 0 saturated heterocycles. The molecule has 1 aromatic carbocycles. The first kappa shape index (κ1) is 13.7. The molecular formula is C14H21NO2. The smallest absolute Gasteiger partial charge is 0.304 e. The van der Waals surface area contributed by atoms with Gasteiger partial charge in [-0.2, -0.15) is 0 Å². The Bertz CT molecular complexity index is 357. The first-order valence-corrected chi connectivity index (χ1v) is 6.05. The molecule has 1 aromatic rings. The van der Waals surface area contributed by atoms with Gasteiger partial charge in [0.2, 0.25) is 0 Å². The monoisotopic (exact) mass is 235 g/mol. The van der Waals surface area contributed by atoms with Gasteiger partial charge in [-0.25, -0.2) is 0 Å². The van der Waals surface area contributed by atoms with Gasteiger partial charge < -0.3 is 10.4 Å². The SMILES string of the molecule is CC(C)c1ccc(C(C)NCCC(=O)O)cc1. The van der Waals surface area contributed by atoms with Crippen LogP contribution in [0.3, 0.4) is 0 Å². The Labute approximate surface area is 103 Å². The second-order valence-corrected chi connectivity index (χ2v) is 4.64. The third-order valence-corrected chi connectivity index (χ3v) is 2.89. The number of aliphatic carboxylic acids is 1. The van der Waals surface area contributed by atoms with Crippen LogP contribution in [-0.4, -0.2) is 17.6 Å².